The molecule has 0 bridgehead atoms. The highest BCUT2D eigenvalue weighted by Crippen LogP contribution is 2.33. The Kier molecular flexibility index (Phi) is 4.23. The van der Waals surface area contributed by atoms with Gasteiger partial charge < -0.3 is 10.1 Å². The van der Waals surface area contributed by atoms with E-state index in [0.29, 0.717) is 0 Å². The van der Waals surface area contributed by atoms with E-state index >= 15 is 0 Å². The quantitative estimate of drug-likeness (QED) is 0.712. The Morgan fingerprint density at radius 3 is 3.00 bits per heavy atom. The van der Waals surface area contributed by atoms with Crippen molar-refractivity contribution in [3.63, 3.8) is 0 Å². The molecule has 1 aliphatic rings. The van der Waals surface area contributed by atoms with Crippen LogP contribution >= 0.6 is 0 Å². The van der Waals surface area contributed by atoms with Crippen molar-refractivity contribution in [3.8, 4) is 5.75 Å². The van der Waals surface area contributed by atoms with Gasteiger partial charge in [-0.15, -0.1) is 0 Å². The van der Waals surface area contributed by atoms with Crippen LogP contribution in [-0.2, 0) is 6.54 Å². The van der Waals surface area contributed by atoms with E-state index in [1.54, 1.807) is 7.11 Å². The van der Waals surface area contributed by atoms with Gasteiger partial charge >= 0.3 is 0 Å². The second-order valence-corrected chi connectivity index (χ2v) is 4.61. The normalized spacial score (nSPS) is 15.1. The van der Waals surface area contributed by atoms with Crippen molar-refractivity contribution in [2.75, 3.05) is 13.7 Å². The van der Waals surface area contributed by atoms with Gasteiger partial charge in [0.1, 0.15) is 5.75 Å². The number of benzene rings is 1. The Balaban J connectivity index is 1.63. The summed E-state index contributed by atoms with van der Waals surface area (Å²) in [5.41, 5.74) is 1.30. The topological polar surface area (TPSA) is 21.3 Å². The summed E-state index contributed by atoms with van der Waals surface area (Å²) in [6.07, 6.45) is 5.66. The molecular formula is C14H21NO. The Bertz CT molecular complexity index is 320. The molecule has 1 aliphatic carbocycles. The molecule has 0 aromatic heterocycles. The van der Waals surface area contributed by atoms with Gasteiger partial charge in [0.05, 0.1) is 7.11 Å². The van der Waals surface area contributed by atoms with Crippen molar-refractivity contribution >= 4 is 0 Å². The van der Waals surface area contributed by atoms with Crippen molar-refractivity contribution in [1.29, 1.82) is 0 Å². The first kappa shape index (κ1) is 11.5. The third kappa shape index (κ3) is 3.86. The molecule has 2 rings (SSSR count). The Labute approximate surface area is 98.0 Å². The van der Waals surface area contributed by atoms with Gasteiger partial charge in [0.15, 0.2) is 0 Å². The highest BCUT2D eigenvalue weighted by molar-refractivity contribution is 5.28. The summed E-state index contributed by atoms with van der Waals surface area (Å²) in [5, 5.41) is 3.48. The van der Waals surface area contributed by atoms with Crippen molar-refractivity contribution in [3.05, 3.63) is 29.8 Å². The summed E-state index contributed by atoms with van der Waals surface area (Å²) < 4.78 is 5.19. The minimum absolute atomic E-state index is 0.942. The van der Waals surface area contributed by atoms with Gasteiger partial charge in [0.2, 0.25) is 0 Å². The Hall–Kier alpha value is -1.02. The fourth-order valence-electron chi connectivity index (χ4n) is 1.94. The van der Waals surface area contributed by atoms with Crippen LogP contribution in [0.15, 0.2) is 24.3 Å². The molecule has 0 spiro atoms. The largest absolute Gasteiger partial charge is 0.497 e. The molecule has 0 saturated heterocycles. The maximum atomic E-state index is 5.19. The standard InChI is InChI=1S/C14H21NO/c1-16-14-6-2-4-13(10-14)11-15-9-3-5-12-7-8-12/h2,4,6,10,12,15H,3,5,7-9,11H2,1H3. The molecular weight excluding hydrogens is 198 g/mol. The SMILES string of the molecule is COc1cccc(CNCCCC2CC2)c1. The number of hydrogen-bond donors (Lipinski definition) is 1. The van der Waals surface area contributed by atoms with Crippen LogP contribution in [0.3, 0.4) is 0 Å². The number of rotatable bonds is 7. The first-order valence-corrected chi connectivity index (χ1v) is 6.22. The molecule has 2 heteroatoms. The molecule has 1 fully saturated rings. The van der Waals surface area contributed by atoms with Crippen LogP contribution in [0.25, 0.3) is 0 Å². The second kappa shape index (κ2) is 5.90. The molecule has 1 aromatic carbocycles. The van der Waals surface area contributed by atoms with Crippen molar-refractivity contribution < 1.29 is 4.74 Å². The molecule has 16 heavy (non-hydrogen) atoms. The summed E-state index contributed by atoms with van der Waals surface area (Å²) >= 11 is 0. The lowest BCUT2D eigenvalue weighted by Gasteiger charge is -2.06. The molecule has 0 radical (unpaired) electrons. The smallest absolute Gasteiger partial charge is 0.119 e. The molecule has 0 aliphatic heterocycles. The van der Waals surface area contributed by atoms with Crippen LogP contribution in [0.5, 0.6) is 5.75 Å². The molecule has 88 valence electrons. The average molecular weight is 219 g/mol. The molecule has 1 saturated carbocycles. The molecule has 0 unspecified atom stereocenters. The molecule has 0 atom stereocenters. The molecule has 2 nitrogen and oxygen atoms in total. The van der Waals surface area contributed by atoms with Crippen LogP contribution in [0.4, 0.5) is 0 Å². The first-order valence-electron chi connectivity index (χ1n) is 6.22. The van der Waals surface area contributed by atoms with E-state index in [2.05, 4.69) is 17.4 Å². The second-order valence-electron chi connectivity index (χ2n) is 4.61. The summed E-state index contributed by atoms with van der Waals surface area (Å²) in [7, 11) is 1.71. The van der Waals surface area contributed by atoms with Crippen molar-refractivity contribution in [1.82, 2.24) is 5.32 Å². The number of methoxy groups -OCH3 is 1. The van der Waals surface area contributed by atoms with Gasteiger partial charge in [0.25, 0.3) is 0 Å². The lowest BCUT2D eigenvalue weighted by molar-refractivity contribution is 0.414. The van der Waals surface area contributed by atoms with Crippen molar-refractivity contribution in [2.24, 2.45) is 5.92 Å². The van der Waals surface area contributed by atoms with Gasteiger partial charge in [-0.3, -0.25) is 0 Å². The highest BCUT2D eigenvalue weighted by atomic mass is 16.5. The minimum Gasteiger partial charge on any atom is -0.497 e. The number of hydrogen-bond acceptors (Lipinski definition) is 2. The van der Waals surface area contributed by atoms with Crippen LogP contribution in [0.2, 0.25) is 0 Å². The molecule has 1 aromatic rings. The fraction of sp³-hybridized carbons (Fsp3) is 0.571. The predicted octanol–water partition coefficient (Wildman–Crippen LogP) is 2.98. The minimum atomic E-state index is 0.942. The van der Waals surface area contributed by atoms with Gasteiger partial charge in [-0.1, -0.05) is 25.0 Å². The van der Waals surface area contributed by atoms with Gasteiger partial charge in [-0.25, -0.2) is 0 Å². The monoisotopic (exact) mass is 219 g/mol. The predicted molar refractivity (Wildman–Crippen MR) is 66.7 cm³/mol. The highest BCUT2D eigenvalue weighted by Gasteiger charge is 2.19. The lowest BCUT2D eigenvalue weighted by Crippen LogP contribution is -2.14. The van der Waals surface area contributed by atoms with Crippen LogP contribution in [-0.4, -0.2) is 13.7 Å². The van der Waals surface area contributed by atoms with Crippen LogP contribution in [0, 0.1) is 5.92 Å². The first-order chi connectivity index (χ1) is 7.88. The van der Waals surface area contributed by atoms with E-state index in [-0.39, 0.29) is 0 Å². The third-order valence-electron chi connectivity index (χ3n) is 3.13. The fourth-order valence-corrected chi connectivity index (χ4v) is 1.94. The van der Waals surface area contributed by atoms with Crippen molar-refractivity contribution in [2.45, 2.75) is 32.2 Å². The van der Waals surface area contributed by atoms with Crippen LogP contribution in [0.1, 0.15) is 31.2 Å². The zero-order chi connectivity index (χ0) is 11.2. The average Bonchev–Trinajstić information content (AvgIpc) is 3.13. The maximum absolute atomic E-state index is 5.19. The zero-order valence-electron chi connectivity index (χ0n) is 10.0. The zero-order valence-corrected chi connectivity index (χ0v) is 10.0. The van der Waals surface area contributed by atoms with E-state index < -0.39 is 0 Å². The summed E-state index contributed by atoms with van der Waals surface area (Å²) in [5.74, 6) is 2.00. The molecule has 0 heterocycles. The van der Waals surface area contributed by atoms with Gasteiger partial charge in [-0.05, 0) is 43.0 Å². The van der Waals surface area contributed by atoms with E-state index in [0.717, 1.165) is 24.8 Å². The van der Waals surface area contributed by atoms with E-state index in [9.17, 15) is 0 Å². The summed E-state index contributed by atoms with van der Waals surface area (Å²) in [6.45, 7) is 2.08. The summed E-state index contributed by atoms with van der Waals surface area (Å²) in [4.78, 5) is 0. The number of ether oxygens (including phenoxy) is 1. The number of nitrogens with one attached hydrogen (secondary N) is 1. The van der Waals surface area contributed by atoms with Crippen LogP contribution < -0.4 is 10.1 Å². The molecule has 0 amide bonds. The Morgan fingerprint density at radius 2 is 2.25 bits per heavy atom. The van der Waals surface area contributed by atoms with E-state index in [1.807, 2.05) is 12.1 Å². The molecule has 1 N–H and O–H groups in total. The van der Waals surface area contributed by atoms with Gasteiger partial charge in [-0.2, -0.15) is 0 Å². The van der Waals surface area contributed by atoms with E-state index in [4.69, 9.17) is 4.74 Å². The van der Waals surface area contributed by atoms with Gasteiger partial charge in [0, 0.05) is 6.54 Å². The lowest BCUT2D eigenvalue weighted by atomic mass is 10.2. The summed E-state index contributed by atoms with van der Waals surface area (Å²) in [6, 6.07) is 8.25. The van der Waals surface area contributed by atoms with E-state index in [1.165, 1.54) is 31.2 Å². The Morgan fingerprint density at radius 1 is 1.38 bits per heavy atom. The third-order valence-corrected chi connectivity index (χ3v) is 3.13. The maximum Gasteiger partial charge on any atom is 0.119 e.